The first-order valence-corrected chi connectivity index (χ1v) is 5.86. The number of carbonyl (C=O) groups is 3. The van der Waals surface area contributed by atoms with Crippen LogP contribution in [0.5, 0.6) is 5.75 Å². The molecular weight excluding hydrogens is 250 g/mol. The topological polar surface area (TPSA) is 81.7 Å². The van der Waals surface area contributed by atoms with E-state index in [2.05, 4.69) is 5.32 Å². The molecule has 1 unspecified atom stereocenters. The van der Waals surface area contributed by atoms with E-state index >= 15 is 0 Å². The molecule has 1 fully saturated rings. The van der Waals surface area contributed by atoms with Gasteiger partial charge in [0.2, 0.25) is 11.7 Å². The summed E-state index contributed by atoms with van der Waals surface area (Å²) in [6.45, 7) is 1.56. The molecule has 0 bridgehead atoms. The van der Waals surface area contributed by atoms with Gasteiger partial charge in [-0.25, -0.2) is 4.79 Å². The molecule has 0 radical (unpaired) electrons. The van der Waals surface area contributed by atoms with Crippen molar-refractivity contribution in [2.75, 3.05) is 11.9 Å². The lowest BCUT2D eigenvalue weighted by Crippen LogP contribution is -2.44. The fourth-order valence-corrected chi connectivity index (χ4v) is 2.33. The van der Waals surface area contributed by atoms with E-state index in [0.29, 0.717) is 17.0 Å². The van der Waals surface area contributed by atoms with E-state index < -0.39 is 11.6 Å². The monoisotopic (exact) mass is 261 g/mol. The van der Waals surface area contributed by atoms with Gasteiger partial charge in [-0.15, -0.1) is 0 Å². The Morgan fingerprint density at radius 3 is 2.79 bits per heavy atom. The number of nitrogens with one attached hydrogen (secondary N) is 1. The van der Waals surface area contributed by atoms with Gasteiger partial charge in [0.15, 0.2) is 0 Å². The van der Waals surface area contributed by atoms with E-state index in [1.165, 1.54) is 13.0 Å². The first kappa shape index (κ1) is 11.7. The van der Waals surface area contributed by atoms with Crippen LogP contribution in [0.15, 0.2) is 18.2 Å². The second-order valence-corrected chi connectivity index (χ2v) is 4.54. The van der Waals surface area contributed by atoms with Crippen LogP contribution in [0.25, 0.3) is 0 Å². The van der Waals surface area contributed by atoms with Crippen molar-refractivity contribution in [1.82, 2.24) is 0 Å². The van der Waals surface area contributed by atoms with Crippen LogP contribution in [-0.2, 0) is 14.3 Å². The molecule has 1 aromatic carbocycles. The number of ether oxygens (including phenoxy) is 2. The molecule has 2 heterocycles. The summed E-state index contributed by atoms with van der Waals surface area (Å²) in [7, 11) is 0. The number of anilines is 1. The van der Waals surface area contributed by atoms with Crippen LogP contribution < -0.4 is 10.1 Å². The minimum atomic E-state index is -1.52. The van der Waals surface area contributed by atoms with Crippen molar-refractivity contribution in [2.24, 2.45) is 0 Å². The van der Waals surface area contributed by atoms with Crippen molar-refractivity contribution in [3.8, 4) is 5.75 Å². The van der Waals surface area contributed by atoms with Gasteiger partial charge in [0.1, 0.15) is 5.75 Å². The van der Waals surface area contributed by atoms with E-state index in [0.717, 1.165) is 0 Å². The highest BCUT2D eigenvalue weighted by molar-refractivity contribution is 6.20. The number of ketones is 1. The summed E-state index contributed by atoms with van der Waals surface area (Å²) in [4.78, 5) is 34.9. The first-order chi connectivity index (χ1) is 9.03. The van der Waals surface area contributed by atoms with E-state index in [-0.39, 0.29) is 24.7 Å². The Hall–Kier alpha value is -2.37. The predicted molar refractivity (Wildman–Crippen MR) is 64.0 cm³/mol. The summed E-state index contributed by atoms with van der Waals surface area (Å²) in [5.41, 5.74) is -0.660. The zero-order valence-electron chi connectivity index (χ0n) is 10.2. The van der Waals surface area contributed by atoms with Gasteiger partial charge in [-0.3, -0.25) is 9.59 Å². The molecule has 2 aliphatic heterocycles. The summed E-state index contributed by atoms with van der Waals surface area (Å²) < 4.78 is 10.4. The van der Waals surface area contributed by atoms with E-state index in [9.17, 15) is 14.4 Å². The number of rotatable bonds is 1. The zero-order valence-corrected chi connectivity index (χ0v) is 10.2. The van der Waals surface area contributed by atoms with Gasteiger partial charge in [-0.1, -0.05) is 0 Å². The van der Waals surface area contributed by atoms with Crippen molar-refractivity contribution in [2.45, 2.75) is 18.9 Å². The standard InChI is InChI=1S/C13H11NO5/c1-7(15)14-8-2-3-9-10(6-8)19-13(11(9)16)4-5-18-12(13)17/h2-3,6H,4-5H2,1H3,(H,14,15). The van der Waals surface area contributed by atoms with Crippen LogP contribution in [-0.4, -0.2) is 29.9 Å². The maximum Gasteiger partial charge on any atom is 0.358 e. The van der Waals surface area contributed by atoms with Gasteiger partial charge in [0.25, 0.3) is 5.60 Å². The van der Waals surface area contributed by atoms with Crippen LogP contribution in [0.2, 0.25) is 0 Å². The third-order valence-electron chi connectivity index (χ3n) is 3.21. The molecule has 3 rings (SSSR count). The normalized spacial score (nSPS) is 24.1. The number of hydrogen-bond donors (Lipinski definition) is 1. The zero-order chi connectivity index (χ0) is 13.6. The Kier molecular flexibility index (Phi) is 2.35. The summed E-state index contributed by atoms with van der Waals surface area (Å²) in [6, 6.07) is 4.68. The highest BCUT2D eigenvalue weighted by Crippen LogP contribution is 2.41. The summed E-state index contributed by atoms with van der Waals surface area (Å²) in [6.07, 6.45) is 0.217. The molecule has 0 saturated carbocycles. The number of hydrogen-bond acceptors (Lipinski definition) is 5. The van der Waals surface area contributed by atoms with E-state index in [4.69, 9.17) is 9.47 Å². The molecule has 1 saturated heterocycles. The van der Waals surface area contributed by atoms with Crippen molar-refractivity contribution in [3.63, 3.8) is 0 Å². The fourth-order valence-electron chi connectivity index (χ4n) is 2.33. The highest BCUT2D eigenvalue weighted by Gasteiger charge is 2.58. The molecule has 0 aromatic heterocycles. The molecule has 0 aliphatic carbocycles. The van der Waals surface area contributed by atoms with Gasteiger partial charge in [0.05, 0.1) is 12.2 Å². The summed E-state index contributed by atoms with van der Waals surface area (Å²) in [5, 5.41) is 2.59. The molecule has 19 heavy (non-hydrogen) atoms. The number of carbonyl (C=O) groups excluding carboxylic acids is 3. The number of benzene rings is 1. The summed E-state index contributed by atoms with van der Waals surface area (Å²) in [5.74, 6) is -0.941. The number of cyclic esters (lactones) is 1. The Morgan fingerprint density at radius 1 is 1.37 bits per heavy atom. The Balaban J connectivity index is 1.99. The van der Waals surface area contributed by atoms with E-state index in [1.807, 2.05) is 0 Å². The maximum absolute atomic E-state index is 12.3. The smallest absolute Gasteiger partial charge is 0.358 e. The minimum Gasteiger partial charge on any atom is -0.466 e. The van der Waals surface area contributed by atoms with Crippen LogP contribution in [0, 0.1) is 0 Å². The lowest BCUT2D eigenvalue weighted by atomic mass is 9.94. The van der Waals surface area contributed by atoms with Crippen LogP contribution in [0.4, 0.5) is 5.69 Å². The first-order valence-electron chi connectivity index (χ1n) is 5.86. The van der Waals surface area contributed by atoms with Gasteiger partial charge in [-0.2, -0.15) is 0 Å². The molecule has 1 aromatic rings. The SMILES string of the molecule is CC(=O)Nc1ccc2c(c1)OC1(CCOC1=O)C2=O. The largest absolute Gasteiger partial charge is 0.466 e. The van der Waals surface area contributed by atoms with Crippen molar-refractivity contribution in [1.29, 1.82) is 0 Å². The number of amides is 1. The Bertz CT molecular complexity index is 609. The number of esters is 1. The third-order valence-corrected chi connectivity index (χ3v) is 3.21. The van der Waals surface area contributed by atoms with Gasteiger partial charge < -0.3 is 14.8 Å². The average Bonchev–Trinajstić information content (AvgIpc) is 2.83. The molecular formula is C13H11NO5. The Morgan fingerprint density at radius 2 is 2.16 bits per heavy atom. The van der Waals surface area contributed by atoms with E-state index in [1.54, 1.807) is 12.1 Å². The Labute approximate surface area is 108 Å². The molecule has 1 amide bonds. The number of Topliss-reactive ketones (excluding diaryl/α,β-unsaturated/α-hetero) is 1. The fraction of sp³-hybridized carbons (Fsp3) is 0.308. The molecule has 1 atom stereocenters. The van der Waals surface area contributed by atoms with Crippen LogP contribution in [0.3, 0.4) is 0 Å². The predicted octanol–water partition coefficient (Wildman–Crippen LogP) is 0.906. The molecule has 6 nitrogen and oxygen atoms in total. The lowest BCUT2D eigenvalue weighted by Gasteiger charge is -2.15. The second kappa shape index (κ2) is 3.81. The highest BCUT2D eigenvalue weighted by atomic mass is 16.6. The minimum absolute atomic E-state index is 0.178. The average molecular weight is 261 g/mol. The molecule has 1 spiro atoms. The molecule has 6 heteroatoms. The molecule has 1 N–H and O–H groups in total. The van der Waals surface area contributed by atoms with Crippen LogP contribution >= 0.6 is 0 Å². The lowest BCUT2D eigenvalue weighted by molar-refractivity contribution is -0.147. The summed E-state index contributed by atoms with van der Waals surface area (Å²) >= 11 is 0. The van der Waals surface area contributed by atoms with Crippen molar-refractivity contribution < 1.29 is 23.9 Å². The quantitative estimate of drug-likeness (QED) is 0.600. The molecule has 2 aliphatic rings. The maximum atomic E-state index is 12.3. The molecule has 98 valence electrons. The van der Waals surface area contributed by atoms with Gasteiger partial charge in [0, 0.05) is 25.1 Å². The van der Waals surface area contributed by atoms with Crippen molar-refractivity contribution in [3.05, 3.63) is 23.8 Å². The van der Waals surface area contributed by atoms with Crippen molar-refractivity contribution >= 4 is 23.3 Å². The third kappa shape index (κ3) is 1.60. The van der Waals surface area contributed by atoms with Gasteiger partial charge >= 0.3 is 5.97 Å². The van der Waals surface area contributed by atoms with Crippen LogP contribution in [0.1, 0.15) is 23.7 Å². The second-order valence-electron chi connectivity index (χ2n) is 4.54. The van der Waals surface area contributed by atoms with Gasteiger partial charge in [-0.05, 0) is 12.1 Å². The number of fused-ring (bicyclic) bond motifs is 1.